The standard InChI is InChI=1S/C48H36N4/c1-3-15-35(16-4-1)31-49-33-51(43-25-13-11-23-41(43)49)45-29-27-37-19-7-9-21-39(37)47(45)48-40-22-10-8-20-38(40)28-30-46(48)52-34-50(32-36-17-5-2-6-18-36)42-24-12-14-26-44(42)52/h1-30,33-34H,31-32H2/q+2. The fraction of sp³-hybridized carbons (Fsp3) is 0.0417. The Balaban J connectivity index is 1.28. The number of nitrogens with zero attached hydrogens (tertiary/aromatic N) is 4. The topological polar surface area (TPSA) is 17.6 Å². The largest absolute Gasteiger partial charge is 0.250 e. The van der Waals surface area contributed by atoms with Crippen molar-refractivity contribution < 1.29 is 9.13 Å². The van der Waals surface area contributed by atoms with Gasteiger partial charge >= 0.3 is 0 Å². The minimum atomic E-state index is 0.785. The van der Waals surface area contributed by atoms with E-state index in [1.807, 2.05) is 0 Å². The molecule has 0 unspecified atom stereocenters. The number of rotatable bonds is 7. The van der Waals surface area contributed by atoms with Crippen LogP contribution in [0.3, 0.4) is 0 Å². The Morgan fingerprint density at radius 3 is 1.19 bits per heavy atom. The highest BCUT2D eigenvalue weighted by Crippen LogP contribution is 2.40. The molecule has 0 spiro atoms. The quantitative estimate of drug-likeness (QED) is 0.151. The van der Waals surface area contributed by atoms with Crippen LogP contribution in [0.4, 0.5) is 0 Å². The van der Waals surface area contributed by atoms with E-state index in [2.05, 4.69) is 213 Å². The first-order valence-corrected chi connectivity index (χ1v) is 17.9. The van der Waals surface area contributed by atoms with Crippen LogP contribution in [0.5, 0.6) is 0 Å². The van der Waals surface area contributed by atoms with Crippen molar-refractivity contribution in [2.75, 3.05) is 0 Å². The van der Waals surface area contributed by atoms with Gasteiger partial charge in [-0.1, -0.05) is 146 Å². The third-order valence-electron chi connectivity index (χ3n) is 10.4. The molecule has 10 aromatic rings. The van der Waals surface area contributed by atoms with E-state index >= 15 is 0 Å². The average molecular weight is 669 g/mol. The van der Waals surface area contributed by atoms with Crippen LogP contribution in [0.2, 0.25) is 0 Å². The number of hydrogen-bond acceptors (Lipinski definition) is 0. The van der Waals surface area contributed by atoms with Gasteiger partial charge in [-0.15, -0.1) is 0 Å². The predicted molar refractivity (Wildman–Crippen MR) is 212 cm³/mol. The first kappa shape index (κ1) is 30.1. The van der Waals surface area contributed by atoms with Crippen molar-refractivity contribution in [2.24, 2.45) is 0 Å². The van der Waals surface area contributed by atoms with E-state index < -0.39 is 0 Å². The van der Waals surface area contributed by atoms with E-state index in [1.54, 1.807) is 0 Å². The number of imidazole rings is 2. The summed E-state index contributed by atoms with van der Waals surface area (Å²) in [4.78, 5) is 0. The molecule has 0 aliphatic heterocycles. The van der Waals surface area contributed by atoms with E-state index in [0.29, 0.717) is 0 Å². The van der Waals surface area contributed by atoms with E-state index in [0.717, 1.165) is 24.5 Å². The van der Waals surface area contributed by atoms with Crippen LogP contribution in [-0.2, 0) is 13.1 Å². The molecule has 0 aliphatic carbocycles. The monoisotopic (exact) mass is 668 g/mol. The molecule has 0 saturated heterocycles. The van der Waals surface area contributed by atoms with E-state index in [9.17, 15) is 0 Å². The van der Waals surface area contributed by atoms with Gasteiger partial charge in [-0.3, -0.25) is 0 Å². The van der Waals surface area contributed by atoms with E-state index in [4.69, 9.17) is 0 Å². The lowest BCUT2D eigenvalue weighted by molar-refractivity contribution is -0.569. The van der Waals surface area contributed by atoms with Gasteiger partial charge in [0.15, 0.2) is 22.1 Å². The number of fused-ring (bicyclic) bond motifs is 4. The second-order valence-electron chi connectivity index (χ2n) is 13.5. The molecule has 8 aromatic carbocycles. The number of benzene rings is 8. The summed E-state index contributed by atoms with van der Waals surface area (Å²) in [5.74, 6) is 0. The second-order valence-corrected chi connectivity index (χ2v) is 13.5. The number of para-hydroxylation sites is 4. The van der Waals surface area contributed by atoms with Gasteiger partial charge < -0.3 is 0 Å². The molecule has 2 heterocycles. The van der Waals surface area contributed by atoms with Crippen LogP contribution in [0.15, 0.2) is 195 Å². The average Bonchev–Trinajstić information content (AvgIpc) is 3.76. The van der Waals surface area contributed by atoms with Gasteiger partial charge in [-0.2, -0.15) is 9.13 Å². The molecule has 2 aromatic heterocycles. The zero-order valence-electron chi connectivity index (χ0n) is 28.7. The van der Waals surface area contributed by atoms with Crippen molar-refractivity contribution >= 4 is 43.6 Å². The van der Waals surface area contributed by atoms with Crippen LogP contribution < -0.4 is 9.13 Å². The molecular formula is C48H36N4+2. The second kappa shape index (κ2) is 12.5. The summed E-state index contributed by atoms with van der Waals surface area (Å²) in [6.45, 7) is 1.57. The minimum absolute atomic E-state index is 0.785. The van der Waals surface area contributed by atoms with Crippen LogP contribution in [0.25, 0.3) is 66.1 Å². The van der Waals surface area contributed by atoms with Gasteiger partial charge in [0.2, 0.25) is 12.7 Å². The first-order valence-electron chi connectivity index (χ1n) is 17.9. The third kappa shape index (κ3) is 5.07. The summed E-state index contributed by atoms with van der Waals surface area (Å²) in [7, 11) is 0. The molecule has 10 rings (SSSR count). The lowest BCUT2D eigenvalue weighted by Crippen LogP contribution is -2.32. The minimum Gasteiger partial charge on any atom is -0.225 e. The fourth-order valence-corrected chi connectivity index (χ4v) is 7.99. The molecule has 246 valence electrons. The highest BCUT2D eigenvalue weighted by Gasteiger charge is 2.28. The molecule has 4 nitrogen and oxygen atoms in total. The van der Waals surface area contributed by atoms with Gasteiger partial charge in [0, 0.05) is 11.1 Å². The Bertz CT molecular complexity index is 2700. The maximum absolute atomic E-state index is 2.40. The van der Waals surface area contributed by atoms with Crippen molar-refractivity contribution in [1.29, 1.82) is 0 Å². The zero-order valence-corrected chi connectivity index (χ0v) is 28.7. The smallest absolute Gasteiger partial charge is 0.225 e. The molecule has 4 heteroatoms. The Labute approximate surface area is 302 Å². The van der Waals surface area contributed by atoms with Gasteiger partial charge in [-0.05, 0) is 69.1 Å². The molecule has 0 N–H and O–H groups in total. The molecule has 0 radical (unpaired) electrons. The third-order valence-corrected chi connectivity index (χ3v) is 10.4. The summed E-state index contributed by atoms with van der Waals surface area (Å²) in [6, 6.07) is 65.8. The van der Waals surface area contributed by atoms with Crippen LogP contribution >= 0.6 is 0 Å². The van der Waals surface area contributed by atoms with E-state index in [-0.39, 0.29) is 0 Å². The van der Waals surface area contributed by atoms with Gasteiger partial charge in [0.25, 0.3) is 0 Å². The maximum Gasteiger partial charge on any atom is 0.250 e. The number of aromatic nitrogens is 4. The number of hydrogen-bond donors (Lipinski definition) is 0. The van der Waals surface area contributed by atoms with Gasteiger partial charge in [-0.25, -0.2) is 9.13 Å². The van der Waals surface area contributed by atoms with Crippen LogP contribution in [0.1, 0.15) is 11.1 Å². The summed E-state index contributed by atoms with van der Waals surface area (Å²) >= 11 is 0. The molecule has 0 amide bonds. The lowest BCUT2D eigenvalue weighted by Gasteiger charge is -2.16. The van der Waals surface area contributed by atoms with Crippen molar-refractivity contribution in [2.45, 2.75) is 13.1 Å². The predicted octanol–water partition coefficient (Wildman–Crippen LogP) is 10.2. The molecule has 0 aliphatic rings. The molecule has 0 saturated carbocycles. The lowest BCUT2D eigenvalue weighted by atomic mass is 9.90. The van der Waals surface area contributed by atoms with Crippen molar-refractivity contribution in [1.82, 2.24) is 9.13 Å². The molecule has 52 heavy (non-hydrogen) atoms. The summed E-state index contributed by atoms with van der Waals surface area (Å²) in [5, 5.41) is 4.87. The first-order chi connectivity index (χ1) is 25.8. The van der Waals surface area contributed by atoms with Crippen molar-refractivity contribution in [3.8, 4) is 22.5 Å². The summed E-state index contributed by atoms with van der Waals surface area (Å²) < 4.78 is 9.54. The summed E-state index contributed by atoms with van der Waals surface area (Å²) in [6.07, 6.45) is 4.57. The maximum atomic E-state index is 2.40. The van der Waals surface area contributed by atoms with Crippen molar-refractivity contribution in [3.63, 3.8) is 0 Å². The van der Waals surface area contributed by atoms with Gasteiger partial charge in [0.05, 0.1) is 0 Å². The van der Waals surface area contributed by atoms with Crippen LogP contribution in [-0.4, -0.2) is 9.13 Å². The highest BCUT2D eigenvalue weighted by atomic mass is 15.1. The van der Waals surface area contributed by atoms with Gasteiger partial charge in [0.1, 0.15) is 24.5 Å². The zero-order chi connectivity index (χ0) is 34.4. The Kier molecular flexibility index (Phi) is 7.24. The normalized spacial score (nSPS) is 11.6. The molecule has 0 atom stereocenters. The van der Waals surface area contributed by atoms with E-state index in [1.165, 1.54) is 65.9 Å². The molecular weight excluding hydrogens is 633 g/mol. The Morgan fingerprint density at radius 1 is 0.346 bits per heavy atom. The summed E-state index contributed by atoms with van der Waals surface area (Å²) in [5.41, 5.74) is 12.0. The highest BCUT2D eigenvalue weighted by molar-refractivity contribution is 6.10. The molecule has 0 bridgehead atoms. The Hall–Kier alpha value is -6.78. The Morgan fingerprint density at radius 2 is 0.731 bits per heavy atom. The van der Waals surface area contributed by atoms with Crippen LogP contribution in [0, 0.1) is 0 Å². The van der Waals surface area contributed by atoms with Crippen molar-refractivity contribution in [3.05, 3.63) is 206 Å². The molecule has 0 fully saturated rings. The fourth-order valence-electron chi connectivity index (χ4n) is 7.99. The SMILES string of the molecule is c1ccc(Cn2c[n+](-c3ccc4ccccc4c3-c3c(-[n+]4cn(Cc5ccccc5)c5ccccc54)ccc4ccccc34)c3ccccc32)cc1.